The average molecular weight is 639 g/mol. The Labute approximate surface area is 247 Å². The quantitative estimate of drug-likeness (QED) is 0.245. The van der Waals surface area contributed by atoms with Gasteiger partial charge in [-0.25, -0.2) is 31.7 Å². The predicted molar refractivity (Wildman–Crippen MR) is 143 cm³/mol. The number of aromatic nitrogens is 4. The Bertz CT molecular complexity index is 2010. The number of ether oxygens (including phenoxy) is 1. The van der Waals surface area contributed by atoms with Gasteiger partial charge in [-0.05, 0) is 48.4 Å². The number of benzene rings is 2. The van der Waals surface area contributed by atoms with E-state index in [1.54, 1.807) is 4.90 Å². The van der Waals surface area contributed by atoms with Crippen LogP contribution in [0.3, 0.4) is 0 Å². The monoisotopic (exact) mass is 638 g/mol. The van der Waals surface area contributed by atoms with Crippen molar-refractivity contribution in [1.29, 1.82) is 0 Å². The molecule has 2 aromatic carbocycles. The Morgan fingerprint density at radius 1 is 0.889 bits per heavy atom. The molecule has 10 nitrogen and oxygen atoms in total. The number of hydrogen-bond donors (Lipinski definition) is 1. The van der Waals surface area contributed by atoms with Crippen molar-refractivity contribution < 1.29 is 40.3 Å². The lowest BCUT2D eigenvalue weighted by Crippen LogP contribution is -2.42. The number of nitrogens with one attached hydrogen (secondary N) is 1. The zero-order chi connectivity index (χ0) is 32.2. The number of esters is 1. The molecule has 2 aliphatic heterocycles. The van der Waals surface area contributed by atoms with Gasteiger partial charge in [0.25, 0.3) is 5.56 Å². The Kier molecular flexibility index (Phi) is 7.50. The lowest BCUT2D eigenvalue weighted by Gasteiger charge is -2.22. The molecule has 0 aliphatic carbocycles. The first-order valence-electron chi connectivity index (χ1n) is 13.4. The molecule has 0 atom stereocenters. The van der Waals surface area contributed by atoms with Gasteiger partial charge in [0.2, 0.25) is 5.95 Å². The number of halogens is 7. The largest absolute Gasteiger partial charge is 0.490 e. The second-order valence-corrected chi connectivity index (χ2v) is 10.4. The highest BCUT2D eigenvalue weighted by Gasteiger charge is 2.41. The van der Waals surface area contributed by atoms with E-state index in [9.17, 15) is 45.1 Å². The van der Waals surface area contributed by atoms with Gasteiger partial charge in [0.05, 0.1) is 13.1 Å². The van der Waals surface area contributed by atoms with Gasteiger partial charge >= 0.3 is 17.8 Å². The van der Waals surface area contributed by atoms with E-state index >= 15 is 0 Å². The molecule has 6 rings (SSSR count). The fourth-order valence-corrected chi connectivity index (χ4v) is 5.45. The van der Waals surface area contributed by atoms with E-state index in [1.807, 2.05) is 0 Å². The van der Waals surface area contributed by atoms with E-state index in [0.717, 1.165) is 52.2 Å². The van der Waals surface area contributed by atoms with Crippen LogP contribution >= 0.6 is 0 Å². The molecule has 45 heavy (non-hydrogen) atoms. The van der Waals surface area contributed by atoms with E-state index in [1.165, 1.54) is 0 Å². The lowest BCUT2D eigenvalue weighted by molar-refractivity contribution is -0.203. The van der Waals surface area contributed by atoms with Crippen LogP contribution in [-0.2, 0) is 29.4 Å². The minimum atomic E-state index is -5.44. The third-order valence-corrected chi connectivity index (χ3v) is 7.57. The zero-order valence-electron chi connectivity index (χ0n) is 22.9. The van der Waals surface area contributed by atoms with Gasteiger partial charge in [-0.2, -0.15) is 18.2 Å². The predicted octanol–water partition coefficient (Wildman–Crippen LogP) is 3.14. The second kappa shape index (κ2) is 11.2. The normalized spacial score (nSPS) is 15.0. The number of imidazole rings is 1. The van der Waals surface area contributed by atoms with Gasteiger partial charge in [-0.15, -0.1) is 0 Å². The summed E-state index contributed by atoms with van der Waals surface area (Å²) in [6.07, 6.45) is -4.87. The maximum Gasteiger partial charge on any atom is 0.490 e. The van der Waals surface area contributed by atoms with Gasteiger partial charge < -0.3 is 15.0 Å². The van der Waals surface area contributed by atoms with E-state index in [-0.39, 0.29) is 11.5 Å². The molecular weight excluding hydrogens is 617 g/mol. The maximum absolute atomic E-state index is 14.9. The molecule has 0 amide bonds. The van der Waals surface area contributed by atoms with Crippen LogP contribution in [0.2, 0.25) is 0 Å². The fourth-order valence-electron chi connectivity index (χ4n) is 5.45. The summed E-state index contributed by atoms with van der Waals surface area (Å²) in [7, 11) is 0. The highest BCUT2D eigenvalue weighted by Crippen LogP contribution is 2.33. The molecule has 2 aromatic heterocycles. The van der Waals surface area contributed by atoms with Crippen LogP contribution in [0.25, 0.3) is 11.2 Å². The van der Waals surface area contributed by atoms with Crippen molar-refractivity contribution in [3.8, 4) is 0 Å². The molecule has 0 saturated carbocycles. The summed E-state index contributed by atoms with van der Waals surface area (Å²) in [5.41, 5.74) is -2.46. The van der Waals surface area contributed by atoms with E-state index < -0.39 is 83.2 Å². The molecule has 0 radical (unpaired) electrons. The van der Waals surface area contributed by atoms with Crippen LogP contribution < -0.4 is 21.5 Å². The smallest absolute Gasteiger partial charge is 0.437 e. The van der Waals surface area contributed by atoms with Crippen molar-refractivity contribution >= 4 is 23.1 Å². The highest BCUT2D eigenvalue weighted by molar-refractivity contribution is 5.77. The van der Waals surface area contributed by atoms with Crippen molar-refractivity contribution in [3.63, 3.8) is 0 Å². The van der Waals surface area contributed by atoms with Crippen LogP contribution in [0.1, 0.15) is 17.5 Å². The Morgan fingerprint density at radius 2 is 1.51 bits per heavy atom. The zero-order valence-corrected chi connectivity index (χ0v) is 22.9. The van der Waals surface area contributed by atoms with Gasteiger partial charge in [0.1, 0.15) is 23.3 Å². The molecule has 2 aliphatic rings. The average Bonchev–Trinajstić information content (AvgIpc) is 3.69. The lowest BCUT2D eigenvalue weighted by atomic mass is 10.2. The van der Waals surface area contributed by atoms with Crippen molar-refractivity contribution in [3.05, 3.63) is 103 Å². The van der Waals surface area contributed by atoms with Crippen LogP contribution in [0.5, 0.6) is 0 Å². The number of fused-ring (bicyclic) bond motifs is 1. The van der Waals surface area contributed by atoms with Crippen LogP contribution in [-0.4, -0.2) is 50.5 Å². The molecule has 17 heteroatoms. The molecule has 236 valence electrons. The number of hydrogen-bond acceptors (Lipinski definition) is 7. The summed E-state index contributed by atoms with van der Waals surface area (Å²) >= 11 is 0. The third-order valence-electron chi connectivity index (χ3n) is 7.57. The molecule has 4 heterocycles. The molecule has 0 spiro atoms. The molecule has 0 bridgehead atoms. The summed E-state index contributed by atoms with van der Waals surface area (Å²) in [5.74, 6) is -6.26. The number of anilines is 1. The topological polar surface area (TPSA) is 103 Å². The SMILES string of the molecule is O=C(OCn1c(=O)n(Cc2cc(F)ccc2F)c(=O)c2c1nc(N1CCC3=C1CNC3)n2Cc1cc(F)ccc1F)C(F)(F)F. The number of rotatable bonds is 7. The van der Waals surface area contributed by atoms with E-state index in [2.05, 4.69) is 15.0 Å². The maximum atomic E-state index is 14.9. The van der Waals surface area contributed by atoms with E-state index in [0.29, 0.717) is 35.2 Å². The number of carbonyl (C=O) groups excluding carboxylic acids is 1. The van der Waals surface area contributed by atoms with Crippen LogP contribution in [0, 0.1) is 23.3 Å². The summed E-state index contributed by atoms with van der Waals surface area (Å²) < 4.78 is 103. The van der Waals surface area contributed by atoms with Crippen molar-refractivity contribution in [1.82, 2.24) is 24.0 Å². The minimum Gasteiger partial charge on any atom is -0.437 e. The molecule has 1 N–H and O–H groups in total. The Hall–Kier alpha value is -4.93. The van der Waals surface area contributed by atoms with Crippen molar-refractivity contribution in [2.75, 3.05) is 24.5 Å². The minimum absolute atomic E-state index is 0.0376. The number of carbonyl (C=O) groups is 1. The van der Waals surface area contributed by atoms with Gasteiger partial charge in [0.15, 0.2) is 17.9 Å². The van der Waals surface area contributed by atoms with E-state index in [4.69, 9.17) is 0 Å². The first-order valence-corrected chi connectivity index (χ1v) is 13.4. The molecule has 0 fully saturated rings. The molecular formula is C28H21F7N6O4. The van der Waals surface area contributed by atoms with Crippen molar-refractivity contribution in [2.24, 2.45) is 0 Å². The summed E-state index contributed by atoms with van der Waals surface area (Å²) in [5, 5.41) is 3.15. The van der Waals surface area contributed by atoms with Gasteiger partial charge in [0, 0.05) is 36.5 Å². The molecule has 4 aromatic rings. The fraction of sp³-hybridized carbons (Fsp3) is 0.286. The molecule has 0 unspecified atom stereocenters. The second-order valence-electron chi connectivity index (χ2n) is 10.4. The molecule has 0 saturated heterocycles. The van der Waals surface area contributed by atoms with Crippen LogP contribution in [0.15, 0.2) is 57.3 Å². The van der Waals surface area contributed by atoms with Gasteiger partial charge in [-0.1, -0.05) is 0 Å². The Morgan fingerprint density at radius 3 is 2.13 bits per heavy atom. The number of nitrogens with zero attached hydrogens (tertiary/aromatic N) is 5. The number of alkyl halides is 3. The first-order chi connectivity index (χ1) is 21.3. The van der Waals surface area contributed by atoms with Gasteiger partial charge in [-0.3, -0.25) is 13.9 Å². The highest BCUT2D eigenvalue weighted by atomic mass is 19.4. The summed E-state index contributed by atoms with van der Waals surface area (Å²) in [6, 6.07) is 4.87. The third kappa shape index (κ3) is 5.47. The van der Waals surface area contributed by atoms with Crippen LogP contribution in [0.4, 0.5) is 36.7 Å². The standard InChI is InChI=1S/C28H21F7N6O4/c29-17-1-3-19(31)15(7-17)11-39-22-23(37-26(39)38-6-5-14-9-36-10-21(14)38)41(13-45-25(43)28(33,34)35)27(44)40(24(22)42)12-16-8-18(30)2-4-20(16)32/h1-4,7-8,36H,5-6,9-13H2. The summed E-state index contributed by atoms with van der Waals surface area (Å²) in [6.45, 7) is -1.54. The first kappa shape index (κ1) is 30.1. The Balaban J connectivity index is 1.62. The summed E-state index contributed by atoms with van der Waals surface area (Å²) in [4.78, 5) is 45.2. The van der Waals surface area contributed by atoms with Crippen molar-refractivity contribution in [2.45, 2.75) is 32.4 Å².